The number of piperidine rings is 1. The average Bonchev–Trinajstić information content (AvgIpc) is 2.43. The smallest absolute Gasteiger partial charge is 0.226 e. The second-order valence-electron chi connectivity index (χ2n) is 4.89. The van der Waals surface area contributed by atoms with Crippen LogP contribution in [0, 0.1) is 11.8 Å². The average molecular weight is 209 g/mol. The summed E-state index contributed by atoms with van der Waals surface area (Å²) in [5.41, 5.74) is 0. The molecule has 3 heteroatoms. The third-order valence-electron chi connectivity index (χ3n) is 3.74. The Bertz CT molecular complexity index is 238. The van der Waals surface area contributed by atoms with Crippen LogP contribution in [0.5, 0.6) is 0 Å². The minimum atomic E-state index is -0.0690. The monoisotopic (exact) mass is 209 g/mol. The van der Waals surface area contributed by atoms with Crippen LogP contribution in [0.4, 0.5) is 0 Å². The van der Waals surface area contributed by atoms with Crippen LogP contribution in [-0.4, -0.2) is 11.8 Å². The molecular formula is C12H19NO2. The SMILES string of the molecule is O=C1CC(C2CCCCCC2)CC(=O)N1. The van der Waals surface area contributed by atoms with E-state index in [9.17, 15) is 9.59 Å². The van der Waals surface area contributed by atoms with Crippen LogP contribution >= 0.6 is 0 Å². The van der Waals surface area contributed by atoms with Crippen molar-refractivity contribution in [2.45, 2.75) is 51.4 Å². The van der Waals surface area contributed by atoms with Gasteiger partial charge in [0, 0.05) is 12.8 Å². The zero-order valence-electron chi connectivity index (χ0n) is 9.13. The minimum Gasteiger partial charge on any atom is -0.296 e. The first-order valence-electron chi connectivity index (χ1n) is 6.08. The van der Waals surface area contributed by atoms with E-state index in [1.165, 1.54) is 38.5 Å². The van der Waals surface area contributed by atoms with Gasteiger partial charge in [0.25, 0.3) is 0 Å². The van der Waals surface area contributed by atoms with Crippen LogP contribution in [0.2, 0.25) is 0 Å². The molecule has 1 aliphatic heterocycles. The van der Waals surface area contributed by atoms with Gasteiger partial charge in [-0.1, -0.05) is 38.5 Å². The van der Waals surface area contributed by atoms with E-state index in [1.54, 1.807) is 0 Å². The molecule has 1 aliphatic carbocycles. The highest BCUT2D eigenvalue weighted by Gasteiger charge is 2.31. The molecule has 1 N–H and O–H groups in total. The summed E-state index contributed by atoms with van der Waals surface area (Å²) in [6, 6.07) is 0. The normalized spacial score (nSPS) is 26.1. The van der Waals surface area contributed by atoms with Gasteiger partial charge in [0.05, 0.1) is 0 Å². The number of carbonyl (C=O) groups excluding carboxylic acids is 2. The number of imide groups is 1. The van der Waals surface area contributed by atoms with E-state index in [2.05, 4.69) is 5.32 Å². The molecule has 0 bridgehead atoms. The summed E-state index contributed by atoms with van der Waals surface area (Å²) in [6.07, 6.45) is 8.75. The van der Waals surface area contributed by atoms with Gasteiger partial charge in [0.2, 0.25) is 11.8 Å². The lowest BCUT2D eigenvalue weighted by molar-refractivity contribution is -0.135. The molecule has 0 unspecified atom stereocenters. The summed E-state index contributed by atoms with van der Waals surface area (Å²) in [5, 5.41) is 2.39. The molecule has 0 aromatic rings. The Morgan fingerprint density at radius 2 is 1.33 bits per heavy atom. The third-order valence-corrected chi connectivity index (χ3v) is 3.74. The highest BCUT2D eigenvalue weighted by Crippen LogP contribution is 2.33. The maximum atomic E-state index is 11.3. The molecule has 2 amide bonds. The Balaban J connectivity index is 1.95. The van der Waals surface area contributed by atoms with Gasteiger partial charge >= 0.3 is 0 Å². The van der Waals surface area contributed by atoms with Crippen molar-refractivity contribution in [3.63, 3.8) is 0 Å². The van der Waals surface area contributed by atoms with Crippen molar-refractivity contribution in [2.24, 2.45) is 11.8 Å². The number of hydrogen-bond donors (Lipinski definition) is 1. The van der Waals surface area contributed by atoms with Crippen LogP contribution in [-0.2, 0) is 9.59 Å². The molecule has 0 aromatic carbocycles. The van der Waals surface area contributed by atoms with Crippen molar-refractivity contribution in [2.75, 3.05) is 0 Å². The highest BCUT2D eigenvalue weighted by molar-refractivity contribution is 5.97. The van der Waals surface area contributed by atoms with Gasteiger partial charge in [-0.25, -0.2) is 0 Å². The number of carbonyl (C=O) groups is 2. The van der Waals surface area contributed by atoms with Crippen molar-refractivity contribution in [1.82, 2.24) is 5.32 Å². The van der Waals surface area contributed by atoms with E-state index in [4.69, 9.17) is 0 Å². The van der Waals surface area contributed by atoms with Crippen LogP contribution in [0.25, 0.3) is 0 Å². The largest absolute Gasteiger partial charge is 0.296 e. The molecule has 0 aromatic heterocycles. The quantitative estimate of drug-likeness (QED) is 0.530. The number of amides is 2. The van der Waals surface area contributed by atoms with Crippen molar-refractivity contribution >= 4 is 11.8 Å². The second kappa shape index (κ2) is 4.77. The van der Waals surface area contributed by atoms with Gasteiger partial charge in [-0.3, -0.25) is 14.9 Å². The summed E-state index contributed by atoms with van der Waals surface area (Å²) in [5.74, 6) is 0.799. The fourth-order valence-corrected chi connectivity index (χ4v) is 2.92. The van der Waals surface area contributed by atoms with Gasteiger partial charge in [0.1, 0.15) is 0 Å². The van der Waals surface area contributed by atoms with Gasteiger partial charge in [-0.05, 0) is 11.8 Å². The Labute approximate surface area is 90.6 Å². The molecular weight excluding hydrogens is 190 g/mol. The van der Waals surface area contributed by atoms with E-state index in [0.29, 0.717) is 24.7 Å². The van der Waals surface area contributed by atoms with E-state index >= 15 is 0 Å². The zero-order chi connectivity index (χ0) is 10.7. The number of hydrogen-bond acceptors (Lipinski definition) is 2. The molecule has 0 atom stereocenters. The van der Waals surface area contributed by atoms with E-state index in [-0.39, 0.29) is 11.8 Å². The summed E-state index contributed by atoms with van der Waals surface area (Å²) >= 11 is 0. The fourth-order valence-electron chi connectivity index (χ4n) is 2.92. The predicted molar refractivity (Wildman–Crippen MR) is 57.1 cm³/mol. The molecule has 2 aliphatic rings. The first kappa shape index (κ1) is 10.7. The molecule has 0 radical (unpaired) electrons. The Hall–Kier alpha value is -0.860. The van der Waals surface area contributed by atoms with Gasteiger partial charge in [0.15, 0.2) is 0 Å². The van der Waals surface area contributed by atoms with Gasteiger partial charge < -0.3 is 0 Å². The number of rotatable bonds is 1. The Morgan fingerprint density at radius 1 is 0.800 bits per heavy atom. The Kier molecular flexibility index (Phi) is 3.39. The van der Waals surface area contributed by atoms with Crippen LogP contribution in [0.3, 0.4) is 0 Å². The standard InChI is InChI=1S/C12H19NO2/c14-11-7-10(8-12(15)13-11)9-5-3-1-2-4-6-9/h9-10H,1-8H2,(H,13,14,15). The molecule has 84 valence electrons. The van der Waals surface area contributed by atoms with Gasteiger partial charge in [-0.15, -0.1) is 0 Å². The molecule has 2 fully saturated rings. The lowest BCUT2D eigenvalue weighted by atomic mass is 9.80. The summed E-state index contributed by atoms with van der Waals surface area (Å²) in [4.78, 5) is 22.6. The van der Waals surface area contributed by atoms with E-state index in [0.717, 1.165) is 0 Å². The molecule has 0 spiro atoms. The lowest BCUT2D eigenvalue weighted by Crippen LogP contribution is -2.40. The van der Waals surface area contributed by atoms with Crippen LogP contribution in [0.15, 0.2) is 0 Å². The minimum absolute atomic E-state index is 0.0690. The van der Waals surface area contributed by atoms with Crippen molar-refractivity contribution in [1.29, 1.82) is 0 Å². The number of nitrogens with one attached hydrogen (secondary N) is 1. The summed E-state index contributed by atoms with van der Waals surface area (Å²) in [6.45, 7) is 0. The third kappa shape index (κ3) is 2.80. The zero-order valence-corrected chi connectivity index (χ0v) is 9.13. The Morgan fingerprint density at radius 3 is 1.87 bits per heavy atom. The molecule has 1 saturated heterocycles. The molecule has 15 heavy (non-hydrogen) atoms. The van der Waals surface area contributed by atoms with Crippen molar-refractivity contribution in [3.8, 4) is 0 Å². The first-order valence-corrected chi connectivity index (χ1v) is 6.08. The highest BCUT2D eigenvalue weighted by atomic mass is 16.2. The maximum absolute atomic E-state index is 11.3. The predicted octanol–water partition coefficient (Wildman–Crippen LogP) is 2.01. The van der Waals surface area contributed by atoms with Crippen LogP contribution in [0.1, 0.15) is 51.4 Å². The fraction of sp³-hybridized carbons (Fsp3) is 0.833. The molecule has 1 heterocycles. The maximum Gasteiger partial charge on any atom is 0.226 e. The van der Waals surface area contributed by atoms with Crippen molar-refractivity contribution < 1.29 is 9.59 Å². The van der Waals surface area contributed by atoms with Crippen molar-refractivity contribution in [3.05, 3.63) is 0 Å². The van der Waals surface area contributed by atoms with Gasteiger partial charge in [-0.2, -0.15) is 0 Å². The van der Waals surface area contributed by atoms with E-state index in [1.807, 2.05) is 0 Å². The molecule has 2 rings (SSSR count). The summed E-state index contributed by atoms with van der Waals surface area (Å²) < 4.78 is 0. The summed E-state index contributed by atoms with van der Waals surface area (Å²) in [7, 11) is 0. The molecule has 3 nitrogen and oxygen atoms in total. The van der Waals surface area contributed by atoms with Crippen LogP contribution < -0.4 is 5.32 Å². The van der Waals surface area contributed by atoms with E-state index < -0.39 is 0 Å². The lowest BCUT2D eigenvalue weighted by Gasteiger charge is -2.28. The first-order chi connectivity index (χ1) is 7.25. The topological polar surface area (TPSA) is 46.2 Å². The molecule has 1 saturated carbocycles. The second-order valence-corrected chi connectivity index (χ2v) is 4.89.